The molecule has 0 fully saturated rings. The molecule has 3 unspecified atom stereocenters. The minimum absolute atomic E-state index is 0.0778. The summed E-state index contributed by atoms with van der Waals surface area (Å²) in [5, 5.41) is 36.1. The van der Waals surface area contributed by atoms with E-state index in [9.17, 15) is 10.2 Å². The Labute approximate surface area is 136 Å². The van der Waals surface area contributed by atoms with Crippen molar-refractivity contribution in [1.29, 1.82) is 0 Å². The lowest BCUT2D eigenvalue weighted by molar-refractivity contribution is 0.0858. The summed E-state index contributed by atoms with van der Waals surface area (Å²) >= 11 is 0. The van der Waals surface area contributed by atoms with Crippen LogP contribution in [0.3, 0.4) is 0 Å². The summed E-state index contributed by atoms with van der Waals surface area (Å²) in [6.45, 7) is 9.09. The lowest BCUT2D eigenvalue weighted by Gasteiger charge is -2.10. The van der Waals surface area contributed by atoms with Gasteiger partial charge >= 0.3 is 0 Å². The third-order valence-corrected chi connectivity index (χ3v) is 3.13. The maximum Gasteiger partial charge on any atom is 0.0876 e. The Bertz CT molecular complexity index is 274. The molecule has 0 aromatic carbocycles. The number of unbranched alkanes of at least 4 members (excludes halogenated alkanes) is 2. The van der Waals surface area contributed by atoms with Crippen molar-refractivity contribution in [2.24, 2.45) is 0 Å². The van der Waals surface area contributed by atoms with Crippen molar-refractivity contribution in [1.82, 2.24) is 0 Å². The Hall–Kier alpha value is -0.840. The van der Waals surface area contributed by atoms with Crippen molar-refractivity contribution in [3.63, 3.8) is 0 Å². The minimum atomic E-state index is -0.404. The largest absolute Gasteiger partial charge is 0.513 e. The van der Waals surface area contributed by atoms with Crippen molar-refractivity contribution < 1.29 is 20.4 Å². The Morgan fingerprint density at radius 2 is 1.73 bits per heavy atom. The van der Waals surface area contributed by atoms with Gasteiger partial charge < -0.3 is 20.4 Å². The van der Waals surface area contributed by atoms with Gasteiger partial charge in [-0.05, 0) is 39.5 Å². The van der Waals surface area contributed by atoms with Gasteiger partial charge in [0, 0.05) is 6.42 Å². The van der Waals surface area contributed by atoms with Gasteiger partial charge in [0.05, 0.1) is 24.1 Å². The Morgan fingerprint density at radius 3 is 2.18 bits per heavy atom. The fourth-order valence-electron chi connectivity index (χ4n) is 1.97. The van der Waals surface area contributed by atoms with Crippen molar-refractivity contribution >= 4 is 0 Å². The number of allylic oxidation sites excluding steroid dienone is 2. The van der Waals surface area contributed by atoms with Crippen molar-refractivity contribution in [2.75, 3.05) is 0 Å². The minimum Gasteiger partial charge on any atom is -0.513 e. The molecule has 0 saturated heterocycles. The van der Waals surface area contributed by atoms with Gasteiger partial charge in [0.1, 0.15) is 0 Å². The van der Waals surface area contributed by atoms with Gasteiger partial charge in [-0.1, -0.05) is 44.9 Å². The molecule has 0 aromatic rings. The molecule has 0 radical (unpaired) electrons. The first-order chi connectivity index (χ1) is 10.3. The van der Waals surface area contributed by atoms with E-state index in [0.29, 0.717) is 12.8 Å². The molecule has 0 rings (SSSR count). The molecule has 4 N–H and O–H groups in total. The van der Waals surface area contributed by atoms with Gasteiger partial charge in [-0.2, -0.15) is 0 Å². The highest BCUT2D eigenvalue weighted by atomic mass is 16.3. The van der Waals surface area contributed by atoms with Crippen molar-refractivity contribution in [3.05, 3.63) is 24.5 Å². The summed E-state index contributed by atoms with van der Waals surface area (Å²) in [7, 11) is 0. The predicted octanol–water partition coefficient (Wildman–Crippen LogP) is 3.86. The van der Waals surface area contributed by atoms with Gasteiger partial charge in [-0.3, -0.25) is 0 Å². The first-order valence-corrected chi connectivity index (χ1v) is 8.35. The van der Waals surface area contributed by atoms with Crippen LogP contribution in [-0.4, -0.2) is 38.7 Å². The third kappa shape index (κ3) is 21.5. The van der Waals surface area contributed by atoms with Crippen LogP contribution in [-0.2, 0) is 0 Å². The first-order valence-electron chi connectivity index (χ1n) is 8.35. The van der Waals surface area contributed by atoms with Crippen LogP contribution in [0.5, 0.6) is 0 Å². The van der Waals surface area contributed by atoms with Crippen LogP contribution in [0.15, 0.2) is 24.5 Å². The van der Waals surface area contributed by atoms with Gasteiger partial charge in [0.25, 0.3) is 0 Å². The summed E-state index contributed by atoms with van der Waals surface area (Å²) in [5.41, 5.74) is 0. The van der Waals surface area contributed by atoms with Crippen LogP contribution in [0, 0.1) is 0 Å². The highest BCUT2D eigenvalue weighted by molar-refractivity contribution is 4.82. The second-order valence-corrected chi connectivity index (χ2v) is 5.80. The average Bonchev–Trinajstić information content (AvgIpc) is 2.38. The molecule has 0 aliphatic heterocycles. The zero-order chi connectivity index (χ0) is 17.4. The van der Waals surface area contributed by atoms with Crippen LogP contribution in [0.2, 0.25) is 0 Å². The van der Waals surface area contributed by atoms with E-state index in [-0.39, 0.29) is 11.9 Å². The molecule has 0 bridgehead atoms. The average molecular weight is 316 g/mol. The Kier molecular flexibility index (Phi) is 17.6. The molecule has 132 valence electrons. The third-order valence-electron chi connectivity index (χ3n) is 3.13. The van der Waals surface area contributed by atoms with Crippen LogP contribution in [0.1, 0.15) is 72.1 Å². The van der Waals surface area contributed by atoms with Crippen molar-refractivity contribution in [2.45, 2.75) is 90.4 Å². The summed E-state index contributed by atoms with van der Waals surface area (Å²) in [4.78, 5) is 0. The molecule has 0 aliphatic rings. The van der Waals surface area contributed by atoms with E-state index in [1.54, 1.807) is 6.92 Å². The molecule has 0 amide bonds. The van der Waals surface area contributed by atoms with Crippen LogP contribution < -0.4 is 0 Å². The van der Waals surface area contributed by atoms with E-state index >= 15 is 0 Å². The highest BCUT2D eigenvalue weighted by Crippen LogP contribution is 2.08. The second kappa shape index (κ2) is 16.5. The van der Waals surface area contributed by atoms with Gasteiger partial charge in [-0.15, -0.1) is 0 Å². The number of hydrogen-bond donors (Lipinski definition) is 4. The molecular formula is C18H36O4. The van der Waals surface area contributed by atoms with E-state index in [4.69, 9.17) is 10.2 Å². The molecule has 4 heteroatoms. The molecule has 0 spiro atoms. The van der Waals surface area contributed by atoms with Crippen molar-refractivity contribution in [3.8, 4) is 0 Å². The molecule has 3 atom stereocenters. The molecule has 0 aliphatic carbocycles. The van der Waals surface area contributed by atoms with E-state index in [2.05, 4.69) is 13.5 Å². The maximum absolute atomic E-state index is 9.25. The fraction of sp³-hybridized carbons (Fsp3) is 0.778. The lowest BCUT2D eigenvalue weighted by Crippen LogP contribution is -2.14. The summed E-state index contributed by atoms with van der Waals surface area (Å²) < 4.78 is 0. The Balaban J connectivity index is 0. The predicted molar refractivity (Wildman–Crippen MR) is 92.9 cm³/mol. The summed E-state index contributed by atoms with van der Waals surface area (Å²) in [6, 6.07) is 0. The number of hydrogen-bond acceptors (Lipinski definition) is 4. The number of aliphatic hydroxyl groups excluding tert-OH is 4. The Morgan fingerprint density at radius 1 is 1.09 bits per heavy atom. The van der Waals surface area contributed by atoms with Crippen LogP contribution in [0.25, 0.3) is 0 Å². The monoisotopic (exact) mass is 316 g/mol. The lowest BCUT2D eigenvalue weighted by atomic mass is 10.1. The zero-order valence-electron chi connectivity index (χ0n) is 14.5. The van der Waals surface area contributed by atoms with E-state index in [1.165, 1.54) is 0 Å². The zero-order valence-corrected chi connectivity index (χ0v) is 14.5. The van der Waals surface area contributed by atoms with E-state index in [1.807, 2.05) is 19.1 Å². The molecule has 4 nitrogen and oxygen atoms in total. The van der Waals surface area contributed by atoms with Gasteiger partial charge in [0.2, 0.25) is 0 Å². The summed E-state index contributed by atoms with van der Waals surface area (Å²) in [6.07, 6.45) is 9.39. The smallest absolute Gasteiger partial charge is 0.0876 e. The van der Waals surface area contributed by atoms with Crippen LogP contribution in [0.4, 0.5) is 0 Å². The molecule has 0 saturated carbocycles. The highest BCUT2D eigenvalue weighted by Gasteiger charge is 2.06. The number of aliphatic hydroxyl groups is 4. The molecule has 0 heterocycles. The van der Waals surface area contributed by atoms with Gasteiger partial charge in [-0.25, -0.2) is 0 Å². The second-order valence-electron chi connectivity index (χ2n) is 5.80. The molecule has 0 aromatic heterocycles. The summed E-state index contributed by atoms with van der Waals surface area (Å²) in [5.74, 6) is 0.0778. The topological polar surface area (TPSA) is 80.9 Å². The normalized spacial score (nSPS) is 15.0. The van der Waals surface area contributed by atoms with E-state index in [0.717, 1.165) is 38.5 Å². The fourth-order valence-corrected chi connectivity index (χ4v) is 1.97. The SMILES string of the molecule is C=C(O)CC(O)CCCCC.CC=CCCC(O)CC(C)O. The number of rotatable bonds is 11. The standard InChI is InChI=1S/2C9H18O2/c2*1-3-4-5-6-9(11)7-8(2)10/h3-4,8-11H,5-7H2,1-2H3;9-11H,2-7H2,1H3. The first kappa shape index (κ1) is 23.4. The van der Waals surface area contributed by atoms with Gasteiger partial charge in [0.15, 0.2) is 0 Å². The molecule has 22 heavy (non-hydrogen) atoms. The molecular weight excluding hydrogens is 280 g/mol. The maximum atomic E-state index is 9.25. The quantitative estimate of drug-likeness (QED) is 0.265. The van der Waals surface area contributed by atoms with E-state index < -0.39 is 12.2 Å². The van der Waals surface area contributed by atoms with Crippen LogP contribution >= 0.6 is 0 Å².